The van der Waals surface area contributed by atoms with Crippen molar-refractivity contribution in [2.75, 3.05) is 26.7 Å². The van der Waals surface area contributed by atoms with Crippen molar-refractivity contribution in [1.29, 1.82) is 0 Å². The van der Waals surface area contributed by atoms with E-state index in [1.807, 2.05) is 80.3 Å². The van der Waals surface area contributed by atoms with Gasteiger partial charge in [0.15, 0.2) is 0 Å². The number of rotatable bonds is 13. The van der Waals surface area contributed by atoms with Crippen LogP contribution in [-0.4, -0.2) is 96.5 Å². The van der Waals surface area contributed by atoms with Gasteiger partial charge in [-0.15, -0.1) is 6.58 Å². The van der Waals surface area contributed by atoms with Crippen molar-refractivity contribution in [1.82, 2.24) is 24.8 Å². The number of benzene rings is 2. The van der Waals surface area contributed by atoms with E-state index in [0.29, 0.717) is 54.0 Å². The number of aromatic nitrogens is 1. The van der Waals surface area contributed by atoms with Crippen LogP contribution < -0.4 is 19.5 Å². The molecule has 2 N–H and O–H groups in total. The van der Waals surface area contributed by atoms with Gasteiger partial charge in [-0.2, -0.15) is 0 Å². The number of amides is 4. The molecule has 3 heterocycles. The van der Waals surface area contributed by atoms with E-state index in [9.17, 15) is 27.6 Å². The minimum atomic E-state index is -3.90. The molecule has 2 aromatic carbocycles. The van der Waals surface area contributed by atoms with Crippen molar-refractivity contribution in [2.45, 2.75) is 95.1 Å². The van der Waals surface area contributed by atoms with E-state index in [0.717, 1.165) is 24.8 Å². The molecular weight excluding hydrogens is 747 g/mol. The van der Waals surface area contributed by atoms with Crippen molar-refractivity contribution >= 4 is 44.6 Å². The molecule has 304 valence electrons. The van der Waals surface area contributed by atoms with Crippen molar-refractivity contribution in [3.63, 3.8) is 0 Å². The van der Waals surface area contributed by atoms with Gasteiger partial charge in [-0.1, -0.05) is 57.2 Å². The van der Waals surface area contributed by atoms with Gasteiger partial charge in [0.2, 0.25) is 27.7 Å². The predicted molar refractivity (Wildman–Crippen MR) is 216 cm³/mol. The largest absolute Gasteiger partial charge is 0.497 e. The average molecular weight is 800 g/mol. The average Bonchev–Trinajstić information content (AvgIpc) is 4.13. The molecule has 7 rings (SSSR count). The fraction of sp³-hybridized carbons (Fsp3) is 0.512. The summed E-state index contributed by atoms with van der Waals surface area (Å²) in [7, 11) is -2.31. The maximum atomic E-state index is 14.9. The minimum Gasteiger partial charge on any atom is -0.497 e. The van der Waals surface area contributed by atoms with E-state index in [1.165, 1.54) is 11.0 Å². The molecule has 0 radical (unpaired) electrons. The first-order valence-electron chi connectivity index (χ1n) is 19.9. The van der Waals surface area contributed by atoms with Crippen LogP contribution in [0, 0.1) is 17.3 Å². The van der Waals surface area contributed by atoms with E-state index >= 15 is 0 Å². The topological polar surface area (TPSA) is 164 Å². The number of nitrogens with zero attached hydrogens (tertiary/aromatic N) is 3. The monoisotopic (exact) mass is 799 g/mol. The Morgan fingerprint density at radius 3 is 2.39 bits per heavy atom. The van der Waals surface area contributed by atoms with Crippen molar-refractivity contribution in [2.24, 2.45) is 17.3 Å². The van der Waals surface area contributed by atoms with Crippen LogP contribution in [0.2, 0.25) is 0 Å². The third-order valence-corrected chi connectivity index (χ3v) is 13.7. The van der Waals surface area contributed by atoms with Gasteiger partial charge in [-0.05, 0) is 56.1 Å². The standard InChI is InChI=1S/C43H53N5O8S/c1-6-28-25-43(28,41(52)46-57(53,54)31-16-17-31)45-39(50)36-22-30(26-48(36)40(51)33(42(2,3)4)23-38(49)47-19-11-8-12-20-47)56-37-24-34(27-13-9-7-10-14-27)44-35-21-29(55-5)15-18-32(35)37/h6-7,9-10,13-15,18,21,24,28,30-31,33,36H,1,8,11-12,16-17,19-20,22-23,25-26H2,2-5H3,(H,45,50)(H,46,52)/t28-,30-,33?,36+,43+/m1/s1. The Kier molecular flexibility index (Phi) is 11.1. The van der Waals surface area contributed by atoms with Gasteiger partial charge in [-0.3, -0.25) is 23.9 Å². The molecule has 5 atom stereocenters. The van der Waals surface area contributed by atoms with Gasteiger partial charge >= 0.3 is 0 Å². The number of hydrogen-bond acceptors (Lipinski definition) is 9. The second-order valence-corrected chi connectivity index (χ2v) is 18.9. The first-order valence-corrected chi connectivity index (χ1v) is 21.5. The number of pyridine rings is 1. The number of carbonyl (C=O) groups excluding carboxylic acids is 4. The summed E-state index contributed by atoms with van der Waals surface area (Å²) in [4.78, 5) is 64.9. The molecular formula is C43H53N5O8S. The van der Waals surface area contributed by atoms with Gasteiger partial charge in [0, 0.05) is 54.9 Å². The molecule has 4 fully saturated rings. The molecule has 1 unspecified atom stereocenters. The number of likely N-dealkylation sites (tertiary alicyclic amines) is 2. The Morgan fingerprint density at radius 2 is 1.75 bits per heavy atom. The zero-order valence-electron chi connectivity index (χ0n) is 33.2. The molecule has 4 aliphatic rings. The quantitative estimate of drug-likeness (QED) is 0.227. The summed E-state index contributed by atoms with van der Waals surface area (Å²) in [5.74, 6) is -2.03. The summed E-state index contributed by atoms with van der Waals surface area (Å²) >= 11 is 0. The number of piperidine rings is 1. The maximum absolute atomic E-state index is 14.9. The second kappa shape index (κ2) is 15.8. The van der Waals surface area contributed by atoms with Crippen LogP contribution in [0.4, 0.5) is 0 Å². The van der Waals surface area contributed by atoms with Crippen LogP contribution in [-0.2, 0) is 29.2 Å². The van der Waals surface area contributed by atoms with E-state index in [1.54, 1.807) is 7.11 Å². The van der Waals surface area contributed by atoms with Crippen LogP contribution in [0.1, 0.15) is 72.1 Å². The summed E-state index contributed by atoms with van der Waals surface area (Å²) in [5, 5.41) is 2.94. The van der Waals surface area contributed by atoms with Gasteiger partial charge in [0.1, 0.15) is 29.2 Å². The zero-order valence-corrected chi connectivity index (χ0v) is 34.0. The molecule has 2 saturated heterocycles. The first-order chi connectivity index (χ1) is 27.1. The molecule has 14 heteroatoms. The molecule has 4 amide bonds. The summed E-state index contributed by atoms with van der Waals surface area (Å²) < 4.78 is 40.1. The lowest BCUT2D eigenvalue weighted by atomic mass is 9.77. The highest BCUT2D eigenvalue weighted by Crippen LogP contribution is 2.46. The number of carbonyl (C=O) groups is 4. The van der Waals surface area contributed by atoms with Crippen LogP contribution >= 0.6 is 0 Å². The first kappa shape index (κ1) is 40.2. The predicted octanol–water partition coefficient (Wildman–Crippen LogP) is 4.99. The summed E-state index contributed by atoms with van der Waals surface area (Å²) in [5.41, 5.74) is -0.0157. The van der Waals surface area contributed by atoms with Crippen LogP contribution in [0.15, 0.2) is 67.3 Å². The van der Waals surface area contributed by atoms with E-state index in [2.05, 4.69) is 16.6 Å². The van der Waals surface area contributed by atoms with Crippen LogP contribution in [0.5, 0.6) is 11.5 Å². The molecule has 0 spiro atoms. The fourth-order valence-corrected chi connectivity index (χ4v) is 9.51. The SMILES string of the molecule is C=C[C@@H]1C[C@@]1(NC(=O)[C@@H]1C[C@@H](Oc2cc(-c3ccccc3)nc3cc(OC)ccc23)CN1C(=O)C(CC(=O)N1CCCCC1)C(C)(C)C)C(=O)NS(=O)(=O)C1CC1. The molecule has 2 saturated carbocycles. The molecule has 57 heavy (non-hydrogen) atoms. The fourth-order valence-electron chi connectivity index (χ4n) is 8.14. The van der Waals surface area contributed by atoms with E-state index < -0.39 is 62.0 Å². The number of hydrogen-bond donors (Lipinski definition) is 2. The summed E-state index contributed by atoms with van der Waals surface area (Å²) in [6, 6.07) is 15.9. The Bertz CT molecular complexity index is 2160. The highest BCUT2D eigenvalue weighted by Gasteiger charge is 2.62. The minimum absolute atomic E-state index is 0.0140. The maximum Gasteiger partial charge on any atom is 0.259 e. The third kappa shape index (κ3) is 8.51. The van der Waals surface area contributed by atoms with Crippen LogP contribution in [0.3, 0.4) is 0 Å². The van der Waals surface area contributed by atoms with E-state index in [4.69, 9.17) is 14.5 Å². The second-order valence-electron chi connectivity index (χ2n) is 17.0. The zero-order chi connectivity index (χ0) is 40.7. The lowest BCUT2D eigenvalue weighted by molar-refractivity contribution is -0.148. The van der Waals surface area contributed by atoms with Crippen molar-refractivity contribution < 1.29 is 37.1 Å². The highest BCUT2D eigenvalue weighted by molar-refractivity contribution is 7.91. The number of methoxy groups -OCH3 is 1. The molecule has 3 aromatic rings. The van der Waals surface area contributed by atoms with Crippen molar-refractivity contribution in [3.8, 4) is 22.8 Å². The molecule has 2 aliphatic heterocycles. The third-order valence-electron chi connectivity index (χ3n) is 11.9. The van der Waals surface area contributed by atoms with E-state index in [-0.39, 0.29) is 37.6 Å². The normalized spacial score (nSPS) is 24.0. The summed E-state index contributed by atoms with van der Waals surface area (Å²) in [6.45, 7) is 10.9. The van der Waals surface area contributed by atoms with Crippen molar-refractivity contribution in [3.05, 3.63) is 67.3 Å². The Hall–Kier alpha value is -4.98. The lowest BCUT2D eigenvalue weighted by Crippen LogP contribution is -2.57. The Labute approximate surface area is 334 Å². The molecule has 0 bridgehead atoms. The van der Waals surface area contributed by atoms with Gasteiger partial charge in [-0.25, -0.2) is 13.4 Å². The lowest BCUT2D eigenvalue weighted by Gasteiger charge is -2.36. The molecule has 13 nitrogen and oxygen atoms in total. The number of fused-ring (bicyclic) bond motifs is 1. The smallest absolute Gasteiger partial charge is 0.259 e. The van der Waals surface area contributed by atoms with Gasteiger partial charge in [0.25, 0.3) is 5.91 Å². The number of nitrogens with one attached hydrogen (secondary N) is 2. The highest BCUT2D eigenvalue weighted by atomic mass is 32.2. The molecule has 2 aliphatic carbocycles. The van der Waals surface area contributed by atoms with Crippen LogP contribution in [0.25, 0.3) is 22.2 Å². The Morgan fingerprint density at radius 1 is 1.04 bits per heavy atom. The Balaban J connectivity index is 1.21. The van der Waals surface area contributed by atoms with Gasteiger partial charge < -0.3 is 24.6 Å². The number of ether oxygens (including phenoxy) is 2. The number of sulfonamides is 1. The summed E-state index contributed by atoms with van der Waals surface area (Å²) in [6.07, 6.45) is 4.91. The molecule has 1 aromatic heterocycles. The van der Waals surface area contributed by atoms with Gasteiger partial charge in [0.05, 0.1) is 36.0 Å².